The summed E-state index contributed by atoms with van der Waals surface area (Å²) in [6, 6.07) is 3.56. The lowest BCUT2D eigenvalue weighted by molar-refractivity contribution is 0.147. The van der Waals surface area contributed by atoms with Gasteiger partial charge in [0.05, 0.1) is 13.2 Å². The Balaban J connectivity index is 0.00000180. The zero-order chi connectivity index (χ0) is 13.1. The average Bonchev–Trinajstić information content (AvgIpc) is 2.38. The predicted octanol–water partition coefficient (Wildman–Crippen LogP) is 3.36. The quantitative estimate of drug-likeness (QED) is 0.569. The lowest BCUT2D eigenvalue weighted by Gasteiger charge is -2.33. The molecule has 1 aliphatic heterocycles. The molecule has 2 rings (SSSR count). The van der Waals surface area contributed by atoms with E-state index in [9.17, 15) is 9.50 Å². The van der Waals surface area contributed by atoms with Crippen LogP contribution in [-0.4, -0.2) is 42.9 Å². The summed E-state index contributed by atoms with van der Waals surface area (Å²) in [6.07, 6.45) is 0. The van der Waals surface area contributed by atoms with E-state index < -0.39 is 6.67 Å². The van der Waals surface area contributed by atoms with Crippen LogP contribution in [0.5, 0.6) is 5.75 Å². The van der Waals surface area contributed by atoms with E-state index in [4.69, 9.17) is 0 Å². The van der Waals surface area contributed by atoms with E-state index in [0.717, 1.165) is 38.9 Å². The molecule has 0 aromatic heterocycles. The first-order valence-electron chi connectivity index (χ1n) is 5.82. The third-order valence-electron chi connectivity index (χ3n) is 3.16. The van der Waals surface area contributed by atoms with E-state index in [1.807, 2.05) is 12.1 Å². The van der Waals surface area contributed by atoms with Gasteiger partial charge in [0.15, 0.2) is 0 Å². The number of hydrogen-bond donors (Lipinski definition) is 2. The van der Waals surface area contributed by atoms with Crippen LogP contribution in [-0.2, 0) is 0 Å². The molecule has 0 bridgehead atoms. The zero-order valence-electron chi connectivity index (χ0n) is 10.6. The van der Waals surface area contributed by atoms with Crippen LogP contribution in [0.15, 0.2) is 12.1 Å². The van der Waals surface area contributed by atoms with Crippen LogP contribution in [0.25, 0.3) is 0 Å². The van der Waals surface area contributed by atoms with Crippen molar-refractivity contribution in [1.29, 1.82) is 0 Å². The summed E-state index contributed by atoms with van der Waals surface area (Å²) in [4.78, 5) is 2.16. The van der Waals surface area contributed by atoms with Gasteiger partial charge in [0.25, 0.3) is 0 Å². The summed E-state index contributed by atoms with van der Waals surface area (Å²) in [5.41, 5.74) is 0.950. The molecule has 1 atom stereocenters. The van der Waals surface area contributed by atoms with Gasteiger partial charge in [-0.05, 0) is 62.9 Å². The molecular formula is C12H17Cl2FI2N2O. The average molecular weight is 549 g/mol. The second kappa shape index (κ2) is 9.83. The van der Waals surface area contributed by atoms with Crippen LogP contribution in [0.3, 0.4) is 0 Å². The number of piperazine rings is 1. The lowest BCUT2D eigenvalue weighted by atomic mass is 10.1. The van der Waals surface area contributed by atoms with Crippen molar-refractivity contribution in [2.24, 2.45) is 0 Å². The second-order valence-corrected chi connectivity index (χ2v) is 6.61. The van der Waals surface area contributed by atoms with Crippen LogP contribution in [0, 0.1) is 7.14 Å². The molecule has 3 nitrogen and oxygen atoms in total. The Bertz CT molecular complexity index is 411. The number of nitrogens with one attached hydrogen (secondary N) is 1. The molecule has 1 heterocycles. The number of alkyl halides is 1. The molecule has 1 saturated heterocycles. The number of phenols is 1. The van der Waals surface area contributed by atoms with E-state index in [0.29, 0.717) is 0 Å². The Morgan fingerprint density at radius 1 is 1.20 bits per heavy atom. The number of phenolic OH excluding ortho intramolecular Hbond substituents is 1. The van der Waals surface area contributed by atoms with Crippen molar-refractivity contribution in [2.75, 3.05) is 32.9 Å². The van der Waals surface area contributed by atoms with Crippen LogP contribution in [0.2, 0.25) is 0 Å². The van der Waals surface area contributed by atoms with E-state index in [1.165, 1.54) is 0 Å². The number of hydrogen-bond acceptors (Lipinski definition) is 3. The van der Waals surface area contributed by atoms with Gasteiger partial charge in [-0.1, -0.05) is 0 Å². The minimum absolute atomic E-state index is 0. The summed E-state index contributed by atoms with van der Waals surface area (Å²) >= 11 is 4.18. The van der Waals surface area contributed by atoms with Gasteiger partial charge in [-0.25, -0.2) is 4.39 Å². The highest BCUT2D eigenvalue weighted by atomic mass is 127. The smallest absolute Gasteiger partial charge is 0.142 e. The molecule has 1 aromatic carbocycles. The number of nitrogens with zero attached hydrogens (tertiary/aromatic N) is 1. The lowest BCUT2D eigenvalue weighted by Crippen LogP contribution is -2.45. The van der Waals surface area contributed by atoms with Gasteiger partial charge in [0, 0.05) is 26.2 Å². The molecule has 0 spiro atoms. The van der Waals surface area contributed by atoms with E-state index in [2.05, 4.69) is 55.4 Å². The van der Waals surface area contributed by atoms with Gasteiger partial charge >= 0.3 is 0 Å². The van der Waals surface area contributed by atoms with Gasteiger partial charge in [-0.15, -0.1) is 24.8 Å². The fourth-order valence-corrected chi connectivity index (χ4v) is 3.99. The molecule has 1 aliphatic rings. The van der Waals surface area contributed by atoms with Crippen molar-refractivity contribution < 1.29 is 9.50 Å². The molecular weight excluding hydrogens is 532 g/mol. The Morgan fingerprint density at radius 3 is 2.15 bits per heavy atom. The van der Waals surface area contributed by atoms with E-state index >= 15 is 0 Å². The highest BCUT2D eigenvalue weighted by molar-refractivity contribution is 14.1. The first-order chi connectivity index (χ1) is 8.63. The van der Waals surface area contributed by atoms with Crippen molar-refractivity contribution >= 4 is 70.0 Å². The maximum atomic E-state index is 13.4. The Labute approximate surface area is 158 Å². The summed E-state index contributed by atoms with van der Waals surface area (Å²) < 4.78 is 14.9. The monoisotopic (exact) mass is 548 g/mol. The van der Waals surface area contributed by atoms with E-state index in [-0.39, 0.29) is 36.6 Å². The molecule has 1 fully saturated rings. The van der Waals surface area contributed by atoms with Crippen molar-refractivity contribution in [1.82, 2.24) is 10.2 Å². The normalized spacial score (nSPS) is 16.9. The molecule has 1 aromatic rings. The minimum Gasteiger partial charge on any atom is -0.506 e. The molecule has 0 radical (unpaired) electrons. The van der Waals surface area contributed by atoms with Gasteiger partial charge in [0.1, 0.15) is 12.4 Å². The SMILES string of the molecule is Cl.Cl.Oc1c(I)cc([C@@H](CF)N2CCNCC2)cc1I. The third kappa shape index (κ3) is 4.98. The molecule has 0 amide bonds. The highest BCUT2D eigenvalue weighted by Gasteiger charge is 2.23. The fourth-order valence-electron chi connectivity index (χ4n) is 2.17. The summed E-state index contributed by atoms with van der Waals surface area (Å²) in [5, 5.41) is 13.0. The standard InChI is InChI=1S/C12H15FI2N2O.2ClH/c13-7-11(17-3-1-16-2-4-17)8-5-9(14)12(18)10(15)6-8;;/h5-6,11,16,18H,1-4,7H2;2*1H/t11-;;/m1../s1. The largest absolute Gasteiger partial charge is 0.506 e. The summed E-state index contributed by atoms with van der Waals surface area (Å²) in [5.74, 6) is 0.290. The maximum Gasteiger partial charge on any atom is 0.142 e. The Morgan fingerprint density at radius 2 is 1.70 bits per heavy atom. The molecule has 0 aliphatic carbocycles. The van der Waals surface area contributed by atoms with Crippen LogP contribution < -0.4 is 5.32 Å². The number of rotatable bonds is 3. The van der Waals surface area contributed by atoms with Crippen molar-refractivity contribution in [3.8, 4) is 5.75 Å². The van der Waals surface area contributed by atoms with Crippen molar-refractivity contribution in [3.05, 3.63) is 24.8 Å². The molecule has 116 valence electrons. The number of halogens is 5. The van der Waals surface area contributed by atoms with Gasteiger partial charge < -0.3 is 10.4 Å². The molecule has 0 unspecified atom stereocenters. The van der Waals surface area contributed by atoms with Gasteiger partial charge in [0.2, 0.25) is 0 Å². The van der Waals surface area contributed by atoms with Crippen molar-refractivity contribution in [3.63, 3.8) is 0 Å². The summed E-state index contributed by atoms with van der Waals surface area (Å²) in [6.45, 7) is 3.15. The number of benzene rings is 1. The van der Waals surface area contributed by atoms with E-state index in [1.54, 1.807) is 0 Å². The van der Waals surface area contributed by atoms with Gasteiger partial charge in [-0.2, -0.15) is 0 Å². The maximum absolute atomic E-state index is 13.4. The third-order valence-corrected chi connectivity index (χ3v) is 4.81. The van der Waals surface area contributed by atoms with Crippen molar-refractivity contribution in [2.45, 2.75) is 6.04 Å². The van der Waals surface area contributed by atoms with Crippen LogP contribution in [0.4, 0.5) is 4.39 Å². The van der Waals surface area contributed by atoms with Crippen LogP contribution >= 0.6 is 70.0 Å². The van der Waals surface area contributed by atoms with Crippen LogP contribution in [0.1, 0.15) is 11.6 Å². The summed E-state index contributed by atoms with van der Waals surface area (Å²) in [7, 11) is 0. The molecule has 8 heteroatoms. The minimum atomic E-state index is -0.392. The first-order valence-corrected chi connectivity index (χ1v) is 7.98. The second-order valence-electron chi connectivity index (χ2n) is 4.29. The molecule has 20 heavy (non-hydrogen) atoms. The Hall–Kier alpha value is 0.910. The number of aromatic hydroxyl groups is 1. The predicted molar refractivity (Wildman–Crippen MR) is 101 cm³/mol. The zero-order valence-corrected chi connectivity index (χ0v) is 16.6. The fraction of sp³-hybridized carbons (Fsp3) is 0.500. The first kappa shape index (κ1) is 20.9. The Kier molecular flexibility index (Phi) is 10.3. The molecule has 0 saturated carbocycles. The van der Waals surface area contributed by atoms with Gasteiger partial charge in [-0.3, -0.25) is 4.90 Å². The molecule has 2 N–H and O–H groups in total. The topological polar surface area (TPSA) is 35.5 Å². The highest BCUT2D eigenvalue weighted by Crippen LogP contribution is 2.32.